The minimum Gasteiger partial charge on any atom is -0.491 e. The molecule has 2 amide bonds. The van der Waals surface area contributed by atoms with Gasteiger partial charge in [0.1, 0.15) is 5.75 Å². The number of hydrogen-bond donors (Lipinski definition) is 2. The molecule has 0 saturated heterocycles. The molecule has 25 heavy (non-hydrogen) atoms. The van der Waals surface area contributed by atoms with E-state index in [1.807, 2.05) is 49.3 Å². The molecule has 0 bridgehead atoms. The fourth-order valence-electron chi connectivity index (χ4n) is 2.61. The number of hydrogen-bond acceptors (Lipinski definition) is 4. The van der Waals surface area contributed by atoms with E-state index in [2.05, 4.69) is 10.6 Å². The third-order valence-corrected chi connectivity index (χ3v) is 3.94. The molecule has 0 unspecified atom stereocenters. The van der Waals surface area contributed by atoms with Gasteiger partial charge >= 0.3 is 0 Å². The fourth-order valence-corrected chi connectivity index (χ4v) is 2.61. The van der Waals surface area contributed by atoms with E-state index in [4.69, 9.17) is 4.74 Å². The summed E-state index contributed by atoms with van der Waals surface area (Å²) in [5, 5.41) is 5.68. The second-order valence-corrected chi connectivity index (χ2v) is 6.14. The molecule has 130 valence electrons. The van der Waals surface area contributed by atoms with Crippen molar-refractivity contribution in [3.05, 3.63) is 48.0 Å². The summed E-state index contributed by atoms with van der Waals surface area (Å²) >= 11 is 0. The van der Waals surface area contributed by atoms with Gasteiger partial charge in [-0.15, -0.1) is 0 Å². The number of fused-ring (bicyclic) bond motifs is 1. The van der Waals surface area contributed by atoms with Gasteiger partial charge in [-0.1, -0.05) is 6.07 Å². The number of benzene rings is 2. The molecule has 0 aromatic heterocycles. The summed E-state index contributed by atoms with van der Waals surface area (Å²) in [6, 6.07) is 13.1. The highest BCUT2D eigenvalue weighted by molar-refractivity contribution is 5.95. The monoisotopic (exact) mass is 339 g/mol. The van der Waals surface area contributed by atoms with Crippen LogP contribution in [0.5, 0.6) is 5.75 Å². The molecular weight excluding hydrogens is 318 g/mol. The molecule has 1 aliphatic rings. The van der Waals surface area contributed by atoms with Crippen molar-refractivity contribution in [1.29, 1.82) is 0 Å². The molecule has 0 aliphatic carbocycles. The Morgan fingerprint density at radius 3 is 2.68 bits per heavy atom. The highest BCUT2D eigenvalue weighted by atomic mass is 16.5. The quantitative estimate of drug-likeness (QED) is 0.898. The van der Waals surface area contributed by atoms with Gasteiger partial charge in [0.15, 0.2) is 0 Å². The molecule has 0 spiro atoms. The SMILES string of the molecule is CN(C)c1ccc(NC(=O)Cc2ccc3c(c2)NC(=O)CCO3)cc1. The van der Waals surface area contributed by atoms with Gasteiger partial charge in [0, 0.05) is 25.5 Å². The van der Waals surface area contributed by atoms with Crippen LogP contribution in [-0.2, 0) is 16.0 Å². The summed E-state index contributed by atoms with van der Waals surface area (Å²) in [7, 11) is 3.93. The Bertz CT molecular complexity index is 785. The number of nitrogens with one attached hydrogen (secondary N) is 2. The van der Waals surface area contributed by atoms with Gasteiger partial charge in [-0.2, -0.15) is 0 Å². The molecule has 2 aromatic rings. The van der Waals surface area contributed by atoms with Crippen LogP contribution in [0, 0.1) is 0 Å². The second-order valence-electron chi connectivity index (χ2n) is 6.14. The lowest BCUT2D eigenvalue weighted by Gasteiger charge is -2.13. The molecular formula is C19H21N3O3. The van der Waals surface area contributed by atoms with Gasteiger partial charge in [-0.25, -0.2) is 0 Å². The van der Waals surface area contributed by atoms with Crippen molar-refractivity contribution >= 4 is 28.9 Å². The molecule has 2 aromatic carbocycles. The number of carbonyl (C=O) groups excluding carboxylic acids is 2. The van der Waals surface area contributed by atoms with Gasteiger partial charge < -0.3 is 20.3 Å². The van der Waals surface area contributed by atoms with Crippen LogP contribution in [0.15, 0.2) is 42.5 Å². The molecule has 6 heteroatoms. The average Bonchev–Trinajstić information content (AvgIpc) is 2.75. The predicted molar refractivity (Wildman–Crippen MR) is 98.3 cm³/mol. The second kappa shape index (κ2) is 7.25. The van der Waals surface area contributed by atoms with Crippen LogP contribution in [0.2, 0.25) is 0 Å². The molecule has 0 atom stereocenters. The standard InChI is InChI=1S/C19H21N3O3/c1-22(2)15-6-4-14(5-7-15)20-19(24)12-13-3-8-17-16(11-13)21-18(23)9-10-25-17/h3-8,11H,9-10,12H2,1-2H3,(H,20,24)(H,21,23). The van der Waals surface area contributed by atoms with E-state index < -0.39 is 0 Å². The first-order valence-electron chi connectivity index (χ1n) is 8.14. The number of amides is 2. The highest BCUT2D eigenvalue weighted by Gasteiger charge is 2.15. The lowest BCUT2D eigenvalue weighted by Crippen LogP contribution is -2.15. The van der Waals surface area contributed by atoms with E-state index in [-0.39, 0.29) is 18.2 Å². The van der Waals surface area contributed by atoms with E-state index in [0.717, 1.165) is 16.9 Å². The van der Waals surface area contributed by atoms with Gasteiger partial charge in [0.05, 0.1) is 25.1 Å². The normalized spacial score (nSPS) is 13.1. The summed E-state index contributed by atoms with van der Waals surface area (Å²) in [6.07, 6.45) is 0.548. The van der Waals surface area contributed by atoms with Crippen molar-refractivity contribution in [2.45, 2.75) is 12.8 Å². The summed E-state index contributed by atoms with van der Waals surface area (Å²) < 4.78 is 5.52. The smallest absolute Gasteiger partial charge is 0.228 e. The minimum absolute atomic E-state index is 0.0821. The van der Waals surface area contributed by atoms with Crippen molar-refractivity contribution in [3.8, 4) is 5.75 Å². The van der Waals surface area contributed by atoms with Crippen LogP contribution in [0.1, 0.15) is 12.0 Å². The van der Waals surface area contributed by atoms with Gasteiger partial charge in [0.25, 0.3) is 0 Å². The lowest BCUT2D eigenvalue weighted by molar-refractivity contribution is -0.116. The molecule has 2 N–H and O–H groups in total. The maximum atomic E-state index is 12.3. The molecule has 0 radical (unpaired) electrons. The molecule has 0 saturated carbocycles. The Morgan fingerprint density at radius 2 is 1.96 bits per heavy atom. The van der Waals surface area contributed by atoms with E-state index >= 15 is 0 Å². The Balaban J connectivity index is 1.65. The van der Waals surface area contributed by atoms with E-state index in [1.165, 1.54) is 0 Å². The van der Waals surface area contributed by atoms with Crippen molar-refractivity contribution in [2.24, 2.45) is 0 Å². The van der Waals surface area contributed by atoms with Gasteiger partial charge in [-0.05, 0) is 42.0 Å². The molecule has 3 rings (SSSR count). The first-order chi connectivity index (χ1) is 12.0. The van der Waals surface area contributed by atoms with Crippen molar-refractivity contribution in [1.82, 2.24) is 0 Å². The van der Waals surface area contributed by atoms with Gasteiger partial charge in [0.2, 0.25) is 11.8 Å². The third kappa shape index (κ3) is 4.29. The van der Waals surface area contributed by atoms with Crippen LogP contribution in [-0.4, -0.2) is 32.5 Å². The maximum Gasteiger partial charge on any atom is 0.228 e. The zero-order chi connectivity index (χ0) is 17.8. The Morgan fingerprint density at radius 1 is 1.20 bits per heavy atom. The zero-order valence-electron chi connectivity index (χ0n) is 14.3. The van der Waals surface area contributed by atoms with Crippen molar-refractivity contribution < 1.29 is 14.3 Å². The predicted octanol–water partition coefficient (Wildman–Crippen LogP) is 2.65. The number of ether oxygens (including phenoxy) is 1. The van der Waals surface area contributed by atoms with Crippen LogP contribution < -0.4 is 20.3 Å². The number of nitrogens with zero attached hydrogens (tertiary/aromatic N) is 1. The third-order valence-electron chi connectivity index (χ3n) is 3.94. The van der Waals surface area contributed by atoms with Crippen molar-refractivity contribution in [2.75, 3.05) is 36.2 Å². The maximum absolute atomic E-state index is 12.3. The van der Waals surface area contributed by atoms with Crippen LogP contribution >= 0.6 is 0 Å². The Hall–Kier alpha value is -3.02. The molecule has 0 fully saturated rings. The van der Waals surface area contributed by atoms with E-state index in [1.54, 1.807) is 12.1 Å². The molecule has 1 heterocycles. The summed E-state index contributed by atoms with van der Waals surface area (Å²) in [5.41, 5.74) is 3.25. The average molecular weight is 339 g/mol. The number of anilines is 3. The largest absolute Gasteiger partial charge is 0.491 e. The summed E-state index contributed by atoms with van der Waals surface area (Å²) in [4.78, 5) is 25.9. The van der Waals surface area contributed by atoms with Gasteiger partial charge in [-0.3, -0.25) is 9.59 Å². The number of carbonyl (C=O) groups is 2. The molecule has 6 nitrogen and oxygen atoms in total. The Kier molecular flexibility index (Phi) is 4.88. The molecule has 1 aliphatic heterocycles. The minimum atomic E-state index is -0.113. The first-order valence-corrected chi connectivity index (χ1v) is 8.14. The topological polar surface area (TPSA) is 70.7 Å². The lowest BCUT2D eigenvalue weighted by atomic mass is 10.1. The van der Waals surface area contributed by atoms with Crippen LogP contribution in [0.3, 0.4) is 0 Å². The summed E-state index contributed by atoms with van der Waals surface area (Å²) in [5.74, 6) is 0.439. The van der Waals surface area contributed by atoms with E-state index in [0.29, 0.717) is 24.5 Å². The zero-order valence-corrected chi connectivity index (χ0v) is 14.3. The van der Waals surface area contributed by atoms with Crippen LogP contribution in [0.4, 0.5) is 17.1 Å². The number of rotatable bonds is 4. The Labute approximate surface area is 146 Å². The first kappa shape index (κ1) is 16.8. The fraction of sp³-hybridized carbons (Fsp3) is 0.263. The van der Waals surface area contributed by atoms with Crippen molar-refractivity contribution in [3.63, 3.8) is 0 Å². The highest BCUT2D eigenvalue weighted by Crippen LogP contribution is 2.28. The van der Waals surface area contributed by atoms with E-state index in [9.17, 15) is 9.59 Å². The van der Waals surface area contributed by atoms with Crippen LogP contribution in [0.25, 0.3) is 0 Å². The summed E-state index contributed by atoms with van der Waals surface area (Å²) in [6.45, 7) is 0.363.